The number of nitrogens with zero attached hydrogens (tertiary/aromatic N) is 4. The fourth-order valence-electron chi connectivity index (χ4n) is 4.08. The van der Waals surface area contributed by atoms with E-state index in [0.29, 0.717) is 16.8 Å². The Morgan fingerprint density at radius 3 is 2.06 bits per heavy atom. The molecule has 5 rings (SSSR count). The van der Waals surface area contributed by atoms with E-state index in [9.17, 15) is 0 Å². The van der Waals surface area contributed by atoms with Gasteiger partial charge < -0.3 is 9.32 Å². The Hall–Kier alpha value is -3.15. The van der Waals surface area contributed by atoms with Crippen LogP contribution in [0.4, 0.5) is 5.69 Å². The van der Waals surface area contributed by atoms with Gasteiger partial charge in [0.25, 0.3) is 0 Å². The summed E-state index contributed by atoms with van der Waals surface area (Å²) < 4.78 is 6.17. The number of benzene rings is 3. The van der Waals surface area contributed by atoms with Crippen molar-refractivity contribution in [2.45, 2.75) is 6.04 Å². The second-order valence-corrected chi connectivity index (χ2v) is 8.06. The van der Waals surface area contributed by atoms with Crippen molar-refractivity contribution in [1.82, 2.24) is 15.1 Å². The van der Waals surface area contributed by atoms with Crippen LogP contribution >= 0.6 is 11.6 Å². The summed E-state index contributed by atoms with van der Waals surface area (Å²) in [5.41, 5.74) is 3.28. The molecule has 1 atom stereocenters. The maximum Gasteiger partial charge on any atom is 0.247 e. The first-order chi connectivity index (χ1) is 15.3. The molecule has 31 heavy (non-hydrogen) atoms. The molecule has 3 aromatic carbocycles. The second kappa shape index (κ2) is 8.92. The van der Waals surface area contributed by atoms with E-state index in [1.807, 2.05) is 30.3 Å². The maximum absolute atomic E-state index is 6.17. The molecule has 1 aliphatic heterocycles. The highest BCUT2D eigenvalue weighted by atomic mass is 35.5. The van der Waals surface area contributed by atoms with Gasteiger partial charge >= 0.3 is 0 Å². The Bertz CT molecular complexity index is 1110. The van der Waals surface area contributed by atoms with E-state index in [-0.39, 0.29) is 6.04 Å². The molecule has 5 nitrogen and oxygen atoms in total. The molecular weight excluding hydrogens is 408 g/mol. The fraction of sp³-hybridized carbons (Fsp3) is 0.200. The molecule has 4 aromatic rings. The van der Waals surface area contributed by atoms with E-state index >= 15 is 0 Å². The summed E-state index contributed by atoms with van der Waals surface area (Å²) in [5, 5.41) is 9.44. The first kappa shape index (κ1) is 19.8. The summed E-state index contributed by atoms with van der Waals surface area (Å²) in [6, 6.07) is 28.3. The van der Waals surface area contributed by atoms with Crippen LogP contribution in [0.3, 0.4) is 0 Å². The molecule has 6 heteroatoms. The third-order valence-electron chi connectivity index (χ3n) is 5.68. The smallest absolute Gasteiger partial charge is 0.247 e. The van der Waals surface area contributed by atoms with Crippen LogP contribution in [-0.4, -0.2) is 41.3 Å². The van der Waals surface area contributed by atoms with Crippen molar-refractivity contribution in [1.29, 1.82) is 0 Å². The highest BCUT2D eigenvalue weighted by Crippen LogP contribution is 2.31. The normalized spacial score (nSPS) is 15.7. The lowest BCUT2D eigenvalue weighted by Crippen LogP contribution is -2.48. The Labute approximate surface area is 186 Å². The van der Waals surface area contributed by atoms with Gasteiger partial charge in [-0.3, -0.25) is 4.90 Å². The molecule has 1 aromatic heterocycles. The number of rotatable bonds is 5. The molecule has 2 heterocycles. The quantitative estimate of drug-likeness (QED) is 0.429. The van der Waals surface area contributed by atoms with Crippen LogP contribution in [0.5, 0.6) is 0 Å². The Morgan fingerprint density at radius 2 is 1.39 bits per heavy atom. The Kier molecular flexibility index (Phi) is 5.69. The van der Waals surface area contributed by atoms with Crippen LogP contribution in [0.1, 0.15) is 17.5 Å². The minimum atomic E-state index is -0.0762. The lowest BCUT2D eigenvalue weighted by atomic mass is 10.0. The van der Waals surface area contributed by atoms with Gasteiger partial charge in [0.05, 0.1) is 0 Å². The zero-order valence-corrected chi connectivity index (χ0v) is 17.8. The van der Waals surface area contributed by atoms with E-state index < -0.39 is 0 Å². The average molecular weight is 431 g/mol. The van der Waals surface area contributed by atoms with Crippen LogP contribution in [-0.2, 0) is 0 Å². The molecule has 0 bridgehead atoms. The van der Waals surface area contributed by atoms with Gasteiger partial charge in [-0.15, -0.1) is 10.2 Å². The number of anilines is 1. The fourth-order valence-corrected chi connectivity index (χ4v) is 4.20. The number of aromatic nitrogens is 2. The molecule has 0 amide bonds. The standard InChI is InChI=1S/C25H23ClN4O/c26-21-13-11-20(12-14-21)24-27-28-25(31-24)23(19-7-3-1-4-8-19)30-17-15-29(16-18-30)22-9-5-2-6-10-22/h1-14,23H,15-18H2. The first-order valence-electron chi connectivity index (χ1n) is 10.5. The van der Waals surface area contributed by atoms with Crippen molar-refractivity contribution in [3.63, 3.8) is 0 Å². The van der Waals surface area contributed by atoms with E-state index in [4.69, 9.17) is 16.0 Å². The van der Waals surface area contributed by atoms with Gasteiger partial charge in [-0.1, -0.05) is 60.1 Å². The lowest BCUT2D eigenvalue weighted by molar-refractivity contribution is 0.188. The van der Waals surface area contributed by atoms with Gasteiger partial charge in [0.2, 0.25) is 11.8 Å². The molecule has 1 unspecified atom stereocenters. The van der Waals surface area contributed by atoms with Crippen LogP contribution in [0.25, 0.3) is 11.5 Å². The van der Waals surface area contributed by atoms with Crippen LogP contribution < -0.4 is 4.90 Å². The minimum Gasteiger partial charge on any atom is -0.419 e. The monoisotopic (exact) mass is 430 g/mol. The summed E-state index contributed by atoms with van der Waals surface area (Å²) in [7, 11) is 0. The molecule has 156 valence electrons. The zero-order chi connectivity index (χ0) is 21.0. The summed E-state index contributed by atoms with van der Waals surface area (Å²) in [4.78, 5) is 4.85. The molecule has 1 aliphatic rings. The van der Waals surface area contributed by atoms with Gasteiger partial charge in [0.1, 0.15) is 6.04 Å². The van der Waals surface area contributed by atoms with Crippen LogP contribution in [0.2, 0.25) is 5.02 Å². The Morgan fingerprint density at radius 1 is 0.742 bits per heavy atom. The summed E-state index contributed by atoms with van der Waals surface area (Å²) in [5.74, 6) is 1.12. The summed E-state index contributed by atoms with van der Waals surface area (Å²) in [6.45, 7) is 3.72. The van der Waals surface area contributed by atoms with Gasteiger partial charge in [0, 0.05) is 42.5 Å². The first-order valence-corrected chi connectivity index (χ1v) is 10.8. The number of hydrogen-bond donors (Lipinski definition) is 0. The van der Waals surface area contributed by atoms with Gasteiger partial charge in [-0.05, 0) is 42.0 Å². The van der Waals surface area contributed by atoms with Gasteiger partial charge in [-0.25, -0.2) is 0 Å². The number of piperazine rings is 1. The summed E-state index contributed by atoms with van der Waals surface area (Å²) in [6.07, 6.45) is 0. The maximum atomic E-state index is 6.17. The predicted molar refractivity (Wildman–Crippen MR) is 123 cm³/mol. The molecule has 1 fully saturated rings. The van der Waals surface area contributed by atoms with Crippen molar-refractivity contribution in [2.24, 2.45) is 0 Å². The molecule has 0 aliphatic carbocycles. The lowest BCUT2D eigenvalue weighted by Gasteiger charge is -2.39. The molecule has 1 saturated heterocycles. The van der Waals surface area contributed by atoms with Crippen molar-refractivity contribution >= 4 is 17.3 Å². The van der Waals surface area contributed by atoms with E-state index in [1.54, 1.807) is 0 Å². The highest BCUT2D eigenvalue weighted by Gasteiger charge is 2.30. The largest absolute Gasteiger partial charge is 0.419 e. The van der Waals surface area contributed by atoms with Gasteiger partial charge in [0.15, 0.2) is 0 Å². The number of hydrogen-bond acceptors (Lipinski definition) is 5. The van der Waals surface area contributed by atoms with Crippen LogP contribution in [0.15, 0.2) is 89.3 Å². The average Bonchev–Trinajstić information content (AvgIpc) is 3.31. The van der Waals surface area contributed by atoms with Crippen LogP contribution in [0, 0.1) is 0 Å². The molecule has 0 N–H and O–H groups in total. The van der Waals surface area contributed by atoms with E-state index in [2.05, 4.69) is 74.6 Å². The van der Waals surface area contributed by atoms with E-state index in [1.165, 1.54) is 5.69 Å². The molecule has 0 saturated carbocycles. The third kappa shape index (κ3) is 4.33. The minimum absolute atomic E-state index is 0.0762. The SMILES string of the molecule is Clc1ccc(-c2nnc(C(c3ccccc3)N3CCN(c4ccccc4)CC3)o2)cc1. The number of halogens is 1. The van der Waals surface area contributed by atoms with Gasteiger partial charge in [-0.2, -0.15) is 0 Å². The van der Waals surface area contributed by atoms with Crippen molar-refractivity contribution in [3.05, 3.63) is 101 Å². The molecule has 0 radical (unpaired) electrons. The molecule has 0 spiro atoms. The zero-order valence-electron chi connectivity index (χ0n) is 17.1. The van der Waals surface area contributed by atoms with E-state index in [0.717, 1.165) is 37.3 Å². The summed E-state index contributed by atoms with van der Waals surface area (Å²) >= 11 is 6.02. The molecular formula is C25H23ClN4O. The van der Waals surface area contributed by atoms with Crippen molar-refractivity contribution in [3.8, 4) is 11.5 Å². The van der Waals surface area contributed by atoms with Crippen molar-refractivity contribution in [2.75, 3.05) is 31.1 Å². The predicted octanol–water partition coefficient (Wildman–Crippen LogP) is 5.30. The van der Waals surface area contributed by atoms with Crippen molar-refractivity contribution < 1.29 is 4.42 Å². The number of para-hydroxylation sites is 1. The highest BCUT2D eigenvalue weighted by molar-refractivity contribution is 6.30. The topological polar surface area (TPSA) is 45.4 Å². The Balaban J connectivity index is 1.41. The third-order valence-corrected chi connectivity index (χ3v) is 5.93. The second-order valence-electron chi connectivity index (χ2n) is 7.62.